The Morgan fingerprint density at radius 1 is 1.23 bits per heavy atom. The number of ether oxygens (including phenoxy) is 1. The number of aromatic nitrogens is 2. The second-order valence-electron chi connectivity index (χ2n) is 8.57. The van der Waals surface area contributed by atoms with Crippen LogP contribution in [0.25, 0.3) is 0 Å². The molecule has 8 heteroatoms. The topological polar surface area (TPSA) is 91.5 Å². The Balaban J connectivity index is 1.25. The lowest BCUT2D eigenvalue weighted by Crippen LogP contribution is -2.50. The van der Waals surface area contributed by atoms with Crippen molar-refractivity contribution >= 4 is 12.1 Å². The van der Waals surface area contributed by atoms with Crippen LogP contribution in [0.4, 0.5) is 4.39 Å². The van der Waals surface area contributed by atoms with Crippen LogP contribution in [-0.4, -0.2) is 33.7 Å². The van der Waals surface area contributed by atoms with Gasteiger partial charge in [-0.2, -0.15) is 10.4 Å². The van der Waals surface area contributed by atoms with E-state index in [4.69, 9.17) is 10.00 Å². The van der Waals surface area contributed by atoms with E-state index in [9.17, 15) is 9.18 Å². The first-order chi connectivity index (χ1) is 15.1. The van der Waals surface area contributed by atoms with Gasteiger partial charge in [-0.15, -0.1) is 0 Å². The molecule has 2 bridgehead atoms. The summed E-state index contributed by atoms with van der Waals surface area (Å²) in [7, 11) is 0. The highest BCUT2D eigenvalue weighted by molar-refractivity contribution is 5.82. The number of nitriles is 1. The number of pyridine rings is 2. The lowest BCUT2D eigenvalue weighted by Gasteiger charge is -2.51. The molecule has 3 atom stereocenters. The lowest BCUT2D eigenvalue weighted by molar-refractivity contribution is -0.148. The number of hydrogen-bond acceptors (Lipinski definition) is 6. The molecule has 3 aliphatic carbocycles. The number of halogens is 1. The number of fused-ring (bicyclic) bond motifs is 2. The van der Waals surface area contributed by atoms with Gasteiger partial charge in [-0.3, -0.25) is 9.78 Å². The molecule has 7 nitrogen and oxygen atoms in total. The van der Waals surface area contributed by atoms with Gasteiger partial charge in [0, 0.05) is 37.0 Å². The van der Waals surface area contributed by atoms with E-state index in [0.717, 1.165) is 25.5 Å². The molecule has 0 aromatic carbocycles. The summed E-state index contributed by atoms with van der Waals surface area (Å²) in [6, 6.07) is 6.55. The van der Waals surface area contributed by atoms with Crippen LogP contribution in [0.3, 0.4) is 0 Å². The van der Waals surface area contributed by atoms with Gasteiger partial charge in [0.05, 0.1) is 24.4 Å². The molecular formula is C23H22FN5O2. The van der Waals surface area contributed by atoms with Crippen LogP contribution in [0.5, 0.6) is 5.88 Å². The largest absolute Gasteiger partial charge is 0.477 e. The molecule has 2 aromatic heterocycles. The van der Waals surface area contributed by atoms with Crippen LogP contribution in [0.2, 0.25) is 0 Å². The lowest BCUT2D eigenvalue weighted by atomic mass is 9.55. The van der Waals surface area contributed by atoms with Crippen LogP contribution in [0.1, 0.15) is 42.9 Å². The number of nitrogens with zero attached hydrogens (tertiary/aromatic N) is 5. The highest BCUT2D eigenvalue weighted by Gasteiger charge is 2.50. The Morgan fingerprint density at radius 2 is 2.10 bits per heavy atom. The fraction of sp³-hybridized carbons (Fsp3) is 0.435. The van der Waals surface area contributed by atoms with Crippen molar-refractivity contribution in [1.82, 2.24) is 15.0 Å². The molecule has 3 fully saturated rings. The first-order valence-corrected chi connectivity index (χ1v) is 10.6. The maximum absolute atomic E-state index is 13.6. The number of hydrogen-bond donors (Lipinski definition) is 0. The quantitative estimate of drug-likeness (QED) is 0.740. The molecule has 158 valence electrons. The molecule has 4 aliphatic rings. The van der Waals surface area contributed by atoms with Crippen molar-refractivity contribution in [2.75, 3.05) is 6.61 Å². The fourth-order valence-electron chi connectivity index (χ4n) is 5.05. The van der Waals surface area contributed by atoms with Crippen LogP contribution in [0, 0.1) is 40.8 Å². The van der Waals surface area contributed by atoms with Crippen LogP contribution >= 0.6 is 0 Å². The van der Waals surface area contributed by atoms with Gasteiger partial charge in [-0.05, 0) is 54.7 Å². The van der Waals surface area contributed by atoms with E-state index in [0.29, 0.717) is 41.9 Å². The smallest absolute Gasteiger partial charge is 0.246 e. The predicted molar refractivity (Wildman–Crippen MR) is 109 cm³/mol. The van der Waals surface area contributed by atoms with Crippen molar-refractivity contribution < 1.29 is 13.9 Å². The van der Waals surface area contributed by atoms with Gasteiger partial charge in [-0.25, -0.2) is 14.4 Å². The third kappa shape index (κ3) is 3.76. The van der Waals surface area contributed by atoms with Gasteiger partial charge >= 0.3 is 0 Å². The predicted octanol–water partition coefficient (Wildman–Crippen LogP) is 3.49. The van der Waals surface area contributed by atoms with E-state index in [2.05, 4.69) is 15.1 Å². The van der Waals surface area contributed by atoms with E-state index in [1.807, 2.05) is 6.07 Å². The number of amides is 1. The summed E-state index contributed by atoms with van der Waals surface area (Å²) >= 11 is 0. The maximum Gasteiger partial charge on any atom is 0.246 e. The van der Waals surface area contributed by atoms with Gasteiger partial charge in [0.1, 0.15) is 11.9 Å². The molecule has 1 aliphatic heterocycles. The van der Waals surface area contributed by atoms with Gasteiger partial charge in [-0.1, -0.05) is 0 Å². The molecule has 0 radical (unpaired) electrons. The summed E-state index contributed by atoms with van der Waals surface area (Å²) < 4.78 is 19.5. The third-order valence-electron chi connectivity index (χ3n) is 6.80. The summed E-state index contributed by atoms with van der Waals surface area (Å²) in [5, 5.41) is 14.7. The number of hydrazone groups is 1. The summed E-state index contributed by atoms with van der Waals surface area (Å²) in [5.74, 6) is 1.20. The summed E-state index contributed by atoms with van der Waals surface area (Å²) in [4.78, 5) is 21.5. The molecule has 0 N–H and O–H groups in total. The Kier molecular flexibility index (Phi) is 5.10. The number of rotatable bonds is 5. The average molecular weight is 419 g/mol. The second-order valence-corrected chi connectivity index (χ2v) is 8.57. The average Bonchev–Trinajstić information content (AvgIpc) is 3.26. The molecule has 6 rings (SSSR count). The van der Waals surface area contributed by atoms with E-state index < -0.39 is 5.82 Å². The van der Waals surface area contributed by atoms with E-state index in [1.54, 1.807) is 24.5 Å². The zero-order valence-corrected chi connectivity index (χ0v) is 16.9. The van der Waals surface area contributed by atoms with Crippen LogP contribution in [0.15, 0.2) is 41.9 Å². The van der Waals surface area contributed by atoms with E-state index in [1.165, 1.54) is 17.3 Å². The van der Waals surface area contributed by atoms with Crippen molar-refractivity contribution in [3.8, 4) is 11.9 Å². The van der Waals surface area contributed by atoms with Gasteiger partial charge < -0.3 is 4.74 Å². The van der Waals surface area contributed by atoms with Crippen molar-refractivity contribution in [3.63, 3.8) is 0 Å². The normalized spacial score (nSPS) is 28.6. The van der Waals surface area contributed by atoms with Crippen molar-refractivity contribution in [3.05, 3.63) is 53.7 Å². The molecule has 0 spiro atoms. The summed E-state index contributed by atoms with van der Waals surface area (Å²) in [5.41, 5.74) is 1.16. The Hall–Kier alpha value is -3.34. The highest BCUT2D eigenvalue weighted by Crippen LogP contribution is 2.53. The first-order valence-electron chi connectivity index (χ1n) is 10.6. The zero-order chi connectivity index (χ0) is 21.4. The number of carbonyl (C=O) groups is 1. The van der Waals surface area contributed by atoms with E-state index >= 15 is 0 Å². The minimum atomic E-state index is -0.412. The molecule has 0 saturated heterocycles. The molecule has 3 heterocycles. The Bertz CT molecular complexity index is 1040. The second kappa shape index (κ2) is 8.06. The minimum absolute atomic E-state index is 0.00709. The van der Waals surface area contributed by atoms with Gasteiger partial charge in [0.15, 0.2) is 0 Å². The molecule has 1 unspecified atom stereocenters. The van der Waals surface area contributed by atoms with Crippen molar-refractivity contribution in [2.45, 2.75) is 31.7 Å². The van der Waals surface area contributed by atoms with Crippen LogP contribution in [-0.2, 0) is 4.79 Å². The standard InChI is InChI=1S/C23H22FN5O2/c24-19-7-17(11-26-12-19)21-3-4-28-29(21)23(30)20-8-18(15-5-16(20)6-15)13-31-22-2-1-14(9-25)10-27-22/h1-2,4,7,10-12,15-16,18,20-21H,3,5-6,8,13H2/t15?,16?,18-,20-,21?/m0/s1. The Labute approximate surface area is 179 Å². The molecule has 3 saturated carbocycles. The zero-order valence-electron chi connectivity index (χ0n) is 16.9. The monoisotopic (exact) mass is 419 g/mol. The first kappa shape index (κ1) is 19.6. The molecular weight excluding hydrogens is 397 g/mol. The van der Waals surface area contributed by atoms with Gasteiger partial charge in [0.2, 0.25) is 11.8 Å². The third-order valence-corrected chi connectivity index (χ3v) is 6.80. The van der Waals surface area contributed by atoms with Crippen molar-refractivity contribution in [1.29, 1.82) is 5.26 Å². The fourth-order valence-corrected chi connectivity index (χ4v) is 5.05. The minimum Gasteiger partial charge on any atom is -0.477 e. The Morgan fingerprint density at radius 3 is 2.84 bits per heavy atom. The van der Waals surface area contributed by atoms with Crippen LogP contribution < -0.4 is 4.74 Å². The van der Waals surface area contributed by atoms with Crippen molar-refractivity contribution in [2.24, 2.45) is 28.8 Å². The highest BCUT2D eigenvalue weighted by atomic mass is 19.1. The summed E-state index contributed by atoms with van der Waals surface area (Å²) in [6.07, 6.45) is 9.34. The van der Waals surface area contributed by atoms with E-state index in [-0.39, 0.29) is 23.8 Å². The maximum atomic E-state index is 13.6. The van der Waals surface area contributed by atoms with Gasteiger partial charge in [0.25, 0.3) is 0 Å². The SMILES string of the molecule is N#Cc1ccc(OC[C@@H]2C[C@H](C(=O)N3N=CCC3c3cncc(F)c3)C3CC2C3)nc1. The summed E-state index contributed by atoms with van der Waals surface area (Å²) in [6.45, 7) is 0.501. The molecule has 1 amide bonds. The molecule has 2 aromatic rings. The number of carbonyl (C=O) groups excluding carboxylic acids is 1. The molecule has 31 heavy (non-hydrogen) atoms.